The topological polar surface area (TPSA) is 29.0 Å². The van der Waals surface area contributed by atoms with Gasteiger partial charge >= 0.3 is 0 Å². The number of rotatable bonds is 6. The Morgan fingerprint density at radius 1 is 0.306 bits per heavy atom. The van der Waals surface area contributed by atoms with E-state index in [0.29, 0.717) is 5.82 Å². The van der Waals surface area contributed by atoms with Crippen molar-refractivity contribution in [3.63, 3.8) is 0 Å². The van der Waals surface area contributed by atoms with Gasteiger partial charge in [0.05, 0.1) is 28.2 Å². The number of anilines is 3. The zero-order chi connectivity index (χ0) is 41.0. The Kier molecular flexibility index (Phi) is 8.39. The number of hydrogen-bond acceptors (Lipinski definition) is 3. The molecule has 290 valence electrons. The van der Waals surface area contributed by atoms with Gasteiger partial charge in [0.15, 0.2) is 5.82 Å². The number of benzene rings is 9. The molecule has 3 nitrogen and oxygen atoms in total. The maximum Gasteiger partial charge on any atom is 0.160 e. The fourth-order valence-electron chi connectivity index (χ4n) is 9.99. The number of nitrogens with zero attached hydrogens (tertiary/aromatic N) is 3. The maximum absolute atomic E-state index is 5.20. The predicted molar refractivity (Wildman–Crippen MR) is 255 cm³/mol. The minimum Gasteiger partial charge on any atom is -0.310 e. The SMILES string of the molecule is c1ccc(-c2ccc(-c3cc(-c4ccccc4)nc(-c4ccc(-c5cccc6c5-c5ccccc5C65c6ccccc6N(c6ccccc6)c6ccccc65)cc4)n3)cc2)cc1. The molecule has 1 spiro atoms. The molecular formula is C59H39N3. The van der Waals surface area contributed by atoms with Crippen LogP contribution >= 0.6 is 0 Å². The molecule has 1 aliphatic heterocycles. The van der Waals surface area contributed by atoms with E-state index in [4.69, 9.17) is 9.97 Å². The molecule has 0 atom stereocenters. The standard InChI is InChI=1S/C59H39N3/c1-4-17-40(18-5-1)41-31-35-44(36-32-41)54-39-53(43-19-6-2-7-20-43)60-58(61-54)45-37-33-42(34-38-45)47-24-16-28-52-57(47)48-23-10-11-25-49(48)59(52)50-26-12-14-29-55(50)62(46-21-8-3-9-22-46)56-30-15-13-27-51(56)59/h1-39H. The monoisotopic (exact) mass is 789 g/mol. The van der Waals surface area contributed by atoms with Gasteiger partial charge in [-0.1, -0.05) is 206 Å². The smallest absolute Gasteiger partial charge is 0.160 e. The van der Waals surface area contributed by atoms with Gasteiger partial charge in [0, 0.05) is 22.4 Å². The Morgan fingerprint density at radius 3 is 1.39 bits per heavy atom. The molecule has 2 aliphatic rings. The summed E-state index contributed by atoms with van der Waals surface area (Å²) in [4.78, 5) is 12.8. The Labute approximate surface area is 361 Å². The zero-order valence-corrected chi connectivity index (χ0v) is 33.9. The second-order valence-corrected chi connectivity index (χ2v) is 16.1. The normalized spacial score (nSPS) is 12.9. The van der Waals surface area contributed by atoms with Crippen LogP contribution in [0.4, 0.5) is 17.1 Å². The highest BCUT2D eigenvalue weighted by Crippen LogP contribution is 2.64. The van der Waals surface area contributed by atoms with Crippen LogP contribution in [0.25, 0.3) is 67.3 Å². The highest BCUT2D eigenvalue weighted by Gasteiger charge is 2.52. The van der Waals surface area contributed by atoms with E-state index in [1.54, 1.807) is 0 Å². The molecule has 0 fully saturated rings. The van der Waals surface area contributed by atoms with Crippen LogP contribution < -0.4 is 4.90 Å². The average Bonchev–Trinajstić information content (AvgIpc) is 3.66. The van der Waals surface area contributed by atoms with E-state index in [1.807, 2.05) is 12.1 Å². The lowest BCUT2D eigenvalue weighted by molar-refractivity contribution is 0.753. The Balaban J connectivity index is 0.989. The molecule has 0 saturated carbocycles. The largest absolute Gasteiger partial charge is 0.310 e. The summed E-state index contributed by atoms with van der Waals surface area (Å²) in [5, 5.41) is 0. The van der Waals surface area contributed by atoms with Gasteiger partial charge < -0.3 is 4.90 Å². The first-order valence-corrected chi connectivity index (χ1v) is 21.2. The number of para-hydroxylation sites is 3. The molecule has 10 aromatic rings. The van der Waals surface area contributed by atoms with Crippen molar-refractivity contribution in [1.29, 1.82) is 0 Å². The average molecular weight is 790 g/mol. The van der Waals surface area contributed by atoms with Crippen molar-refractivity contribution in [2.24, 2.45) is 0 Å². The van der Waals surface area contributed by atoms with Crippen LogP contribution in [0, 0.1) is 0 Å². The van der Waals surface area contributed by atoms with E-state index in [9.17, 15) is 0 Å². The van der Waals surface area contributed by atoms with Gasteiger partial charge in [-0.25, -0.2) is 9.97 Å². The van der Waals surface area contributed by atoms with E-state index < -0.39 is 5.41 Å². The van der Waals surface area contributed by atoms with Crippen LogP contribution in [0.1, 0.15) is 22.3 Å². The lowest BCUT2D eigenvalue weighted by atomic mass is 9.64. The lowest BCUT2D eigenvalue weighted by Gasteiger charge is -2.45. The second kappa shape index (κ2) is 14.5. The first-order chi connectivity index (χ1) is 30.8. The van der Waals surface area contributed by atoms with E-state index in [-0.39, 0.29) is 0 Å². The molecule has 12 rings (SSSR count). The number of aromatic nitrogens is 2. The molecule has 1 aliphatic carbocycles. The molecular weight excluding hydrogens is 751 g/mol. The van der Waals surface area contributed by atoms with Crippen LogP contribution in [0.5, 0.6) is 0 Å². The molecule has 3 heteroatoms. The van der Waals surface area contributed by atoms with Crippen LogP contribution in [-0.2, 0) is 5.41 Å². The summed E-state index contributed by atoms with van der Waals surface area (Å²) >= 11 is 0. The van der Waals surface area contributed by atoms with E-state index in [1.165, 1.54) is 61.4 Å². The van der Waals surface area contributed by atoms with Crippen LogP contribution in [0.2, 0.25) is 0 Å². The summed E-state index contributed by atoms with van der Waals surface area (Å²) in [5.41, 5.74) is 20.3. The summed E-state index contributed by atoms with van der Waals surface area (Å²) in [5.74, 6) is 0.695. The third-order valence-electron chi connectivity index (χ3n) is 12.7. The molecule has 0 radical (unpaired) electrons. The molecule has 0 N–H and O–H groups in total. The van der Waals surface area contributed by atoms with Gasteiger partial charge in [-0.05, 0) is 86.0 Å². The Bertz CT molecular complexity index is 3220. The molecule has 0 unspecified atom stereocenters. The third kappa shape index (κ3) is 5.59. The predicted octanol–water partition coefficient (Wildman–Crippen LogP) is 15.0. The second-order valence-electron chi connectivity index (χ2n) is 16.1. The van der Waals surface area contributed by atoms with Crippen molar-refractivity contribution < 1.29 is 0 Å². The summed E-state index contributed by atoms with van der Waals surface area (Å²) in [6, 6.07) is 85.1. The molecule has 2 heterocycles. The van der Waals surface area contributed by atoms with Crippen molar-refractivity contribution in [1.82, 2.24) is 9.97 Å². The minimum absolute atomic E-state index is 0.512. The maximum atomic E-state index is 5.20. The summed E-state index contributed by atoms with van der Waals surface area (Å²) in [6.45, 7) is 0. The molecule has 0 amide bonds. The van der Waals surface area contributed by atoms with Crippen molar-refractivity contribution in [3.8, 4) is 67.3 Å². The summed E-state index contributed by atoms with van der Waals surface area (Å²) < 4.78 is 0. The first-order valence-electron chi connectivity index (χ1n) is 21.2. The van der Waals surface area contributed by atoms with Crippen molar-refractivity contribution in [2.45, 2.75) is 5.41 Å². The van der Waals surface area contributed by atoms with Crippen LogP contribution in [0.3, 0.4) is 0 Å². The molecule has 0 bridgehead atoms. The Morgan fingerprint density at radius 2 is 0.742 bits per heavy atom. The lowest BCUT2D eigenvalue weighted by Crippen LogP contribution is -2.36. The number of fused-ring (bicyclic) bond motifs is 9. The van der Waals surface area contributed by atoms with Crippen molar-refractivity contribution in [3.05, 3.63) is 259 Å². The van der Waals surface area contributed by atoms with E-state index in [2.05, 4.69) is 229 Å². The van der Waals surface area contributed by atoms with Gasteiger partial charge in [-0.15, -0.1) is 0 Å². The number of hydrogen-bond donors (Lipinski definition) is 0. The van der Waals surface area contributed by atoms with Gasteiger partial charge in [0.25, 0.3) is 0 Å². The van der Waals surface area contributed by atoms with Gasteiger partial charge in [0.1, 0.15) is 0 Å². The Hall–Kier alpha value is -8.14. The highest BCUT2D eigenvalue weighted by molar-refractivity contribution is 6.00. The fourth-order valence-corrected chi connectivity index (χ4v) is 9.99. The molecule has 62 heavy (non-hydrogen) atoms. The van der Waals surface area contributed by atoms with Crippen molar-refractivity contribution in [2.75, 3.05) is 4.90 Å². The molecule has 0 saturated heterocycles. The minimum atomic E-state index is -0.512. The van der Waals surface area contributed by atoms with E-state index in [0.717, 1.165) is 39.3 Å². The van der Waals surface area contributed by atoms with Gasteiger partial charge in [0.2, 0.25) is 0 Å². The van der Waals surface area contributed by atoms with Gasteiger partial charge in [-0.3, -0.25) is 0 Å². The van der Waals surface area contributed by atoms with Crippen LogP contribution in [-0.4, -0.2) is 9.97 Å². The van der Waals surface area contributed by atoms with Crippen molar-refractivity contribution >= 4 is 17.1 Å². The summed E-state index contributed by atoms with van der Waals surface area (Å²) in [6.07, 6.45) is 0. The zero-order valence-electron chi connectivity index (χ0n) is 33.9. The summed E-state index contributed by atoms with van der Waals surface area (Å²) in [7, 11) is 0. The van der Waals surface area contributed by atoms with E-state index >= 15 is 0 Å². The van der Waals surface area contributed by atoms with Crippen LogP contribution in [0.15, 0.2) is 237 Å². The van der Waals surface area contributed by atoms with Gasteiger partial charge in [-0.2, -0.15) is 0 Å². The molecule has 9 aromatic carbocycles. The first kappa shape index (κ1) is 35.8. The highest BCUT2D eigenvalue weighted by atomic mass is 15.2. The quantitative estimate of drug-likeness (QED) is 0.168. The third-order valence-corrected chi connectivity index (χ3v) is 12.7. The fraction of sp³-hybridized carbons (Fsp3) is 0.0169. The molecule has 1 aromatic heterocycles.